The van der Waals surface area contributed by atoms with E-state index in [-0.39, 0.29) is 16.7 Å². The van der Waals surface area contributed by atoms with Crippen LogP contribution in [0.1, 0.15) is 24.2 Å². The first-order valence-corrected chi connectivity index (χ1v) is 13.0. The summed E-state index contributed by atoms with van der Waals surface area (Å²) in [4.78, 5) is 22.9. The van der Waals surface area contributed by atoms with Gasteiger partial charge >= 0.3 is 0 Å². The van der Waals surface area contributed by atoms with E-state index in [1.807, 2.05) is 44.2 Å². The average Bonchev–Trinajstić information content (AvgIpc) is 2.80. The van der Waals surface area contributed by atoms with Gasteiger partial charge in [0.25, 0.3) is 0 Å². The van der Waals surface area contributed by atoms with E-state index in [1.165, 1.54) is 16.1 Å². The number of aromatic nitrogens is 2. The predicted molar refractivity (Wildman–Crippen MR) is 129 cm³/mol. The molecular formula is C24H26N4O3S2. The maximum atomic E-state index is 12.8. The van der Waals surface area contributed by atoms with Gasteiger partial charge in [0.1, 0.15) is 0 Å². The fraction of sp³-hybridized carbons (Fsp3) is 0.292. The van der Waals surface area contributed by atoms with Gasteiger partial charge in [0.2, 0.25) is 15.9 Å². The van der Waals surface area contributed by atoms with Crippen molar-refractivity contribution in [2.45, 2.75) is 41.6 Å². The van der Waals surface area contributed by atoms with Gasteiger partial charge < -0.3 is 5.32 Å². The Morgan fingerprint density at radius 3 is 2.18 bits per heavy atom. The maximum absolute atomic E-state index is 12.8. The topological polar surface area (TPSA) is 92.3 Å². The summed E-state index contributed by atoms with van der Waals surface area (Å²) in [5, 5.41) is 3.65. The summed E-state index contributed by atoms with van der Waals surface area (Å²) >= 11 is 1.47. The Morgan fingerprint density at radius 1 is 0.970 bits per heavy atom. The zero-order chi connectivity index (χ0) is 23.4. The average molecular weight is 483 g/mol. The Labute approximate surface area is 198 Å². The van der Waals surface area contributed by atoms with E-state index in [9.17, 15) is 13.2 Å². The van der Waals surface area contributed by atoms with Gasteiger partial charge in [-0.2, -0.15) is 4.31 Å². The van der Waals surface area contributed by atoms with Crippen LogP contribution in [-0.4, -0.2) is 41.7 Å². The molecule has 1 N–H and O–H groups in total. The minimum atomic E-state index is -3.52. The van der Waals surface area contributed by atoms with Gasteiger partial charge in [0.05, 0.1) is 4.90 Å². The first-order chi connectivity index (χ1) is 15.8. The van der Waals surface area contributed by atoms with E-state index in [2.05, 4.69) is 15.3 Å². The van der Waals surface area contributed by atoms with Crippen LogP contribution in [0.3, 0.4) is 0 Å². The van der Waals surface area contributed by atoms with Crippen LogP contribution in [0.2, 0.25) is 0 Å². The molecule has 0 atom stereocenters. The van der Waals surface area contributed by atoms with Crippen LogP contribution >= 0.6 is 11.8 Å². The molecule has 0 aliphatic carbocycles. The van der Waals surface area contributed by atoms with Gasteiger partial charge in [-0.25, -0.2) is 18.4 Å². The molecule has 3 aromatic rings. The van der Waals surface area contributed by atoms with Gasteiger partial charge in [0, 0.05) is 41.0 Å². The third kappa shape index (κ3) is 5.79. The van der Waals surface area contributed by atoms with Crippen LogP contribution in [0.15, 0.2) is 75.6 Å². The monoisotopic (exact) mass is 482 g/mol. The second kappa shape index (κ2) is 10.0. The molecule has 0 spiro atoms. The normalized spacial score (nSPS) is 15.3. The van der Waals surface area contributed by atoms with Crippen molar-refractivity contribution in [3.63, 3.8) is 0 Å². The summed E-state index contributed by atoms with van der Waals surface area (Å²) in [7, 11) is -3.52. The number of carbonyl (C=O) groups is 1. The Hall–Kier alpha value is -2.75. The summed E-state index contributed by atoms with van der Waals surface area (Å²) < 4.78 is 27.0. The molecule has 2 heterocycles. The van der Waals surface area contributed by atoms with Crippen molar-refractivity contribution in [3.8, 4) is 0 Å². The number of sulfonamides is 1. The Balaban J connectivity index is 1.32. The lowest BCUT2D eigenvalue weighted by molar-refractivity contribution is -0.120. The van der Waals surface area contributed by atoms with Gasteiger partial charge in [-0.1, -0.05) is 18.2 Å². The van der Waals surface area contributed by atoms with Gasteiger partial charge in [-0.15, -0.1) is 0 Å². The summed E-state index contributed by atoms with van der Waals surface area (Å²) in [6.07, 6.45) is 0.992. The van der Waals surface area contributed by atoms with Crippen LogP contribution in [0.4, 0.5) is 5.69 Å². The second-order valence-electron chi connectivity index (χ2n) is 8.04. The minimum Gasteiger partial charge on any atom is -0.326 e. The number of amides is 1. The molecule has 1 aliphatic heterocycles. The van der Waals surface area contributed by atoms with E-state index in [0.29, 0.717) is 36.8 Å². The zero-order valence-corrected chi connectivity index (χ0v) is 20.2. The minimum absolute atomic E-state index is 0.0789. The number of piperidine rings is 1. The van der Waals surface area contributed by atoms with Crippen molar-refractivity contribution in [3.05, 3.63) is 72.1 Å². The van der Waals surface area contributed by atoms with Gasteiger partial charge in [-0.3, -0.25) is 4.79 Å². The van der Waals surface area contributed by atoms with Crippen molar-refractivity contribution >= 4 is 33.4 Å². The molecule has 0 unspecified atom stereocenters. The smallest absolute Gasteiger partial charge is 0.243 e. The maximum Gasteiger partial charge on any atom is 0.243 e. The van der Waals surface area contributed by atoms with E-state index in [4.69, 9.17) is 0 Å². The fourth-order valence-corrected chi connectivity index (χ4v) is 6.15. The lowest BCUT2D eigenvalue weighted by Gasteiger charge is -2.30. The molecule has 1 aliphatic rings. The number of aryl methyl sites for hydroxylation is 2. The molecule has 172 valence electrons. The zero-order valence-electron chi connectivity index (χ0n) is 18.6. The van der Waals surface area contributed by atoms with Crippen LogP contribution in [0.5, 0.6) is 0 Å². The number of nitrogens with one attached hydrogen (secondary N) is 1. The van der Waals surface area contributed by atoms with Crippen molar-refractivity contribution < 1.29 is 13.2 Å². The molecule has 1 aromatic heterocycles. The standard InChI is InChI=1S/C24H26N4O3S2/c1-17-16-18(2)26-24(25-17)32-21-10-8-20(9-11-21)27-23(29)19-12-14-28(15-13-19)33(30,31)22-6-4-3-5-7-22/h3-11,16,19H,12-15H2,1-2H3,(H,27,29). The van der Waals surface area contributed by atoms with Crippen molar-refractivity contribution in [2.24, 2.45) is 5.92 Å². The van der Waals surface area contributed by atoms with Crippen LogP contribution in [-0.2, 0) is 14.8 Å². The van der Waals surface area contributed by atoms with Gasteiger partial charge in [0.15, 0.2) is 5.16 Å². The molecule has 4 rings (SSSR count). The van der Waals surface area contributed by atoms with Crippen molar-refractivity contribution in [1.82, 2.24) is 14.3 Å². The highest BCUT2D eigenvalue weighted by Gasteiger charge is 2.32. The number of hydrogen-bond donors (Lipinski definition) is 1. The molecule has 1 fully saturated rings. The van der Waals surface area contributed by atoms with E-state index in [1.54, 1.807) is 30.3 Å². The van der Waals surface area contributed by atoms with E-state index < -0.39 is 10.0 Å². The largest absolute Gasteiger partial charge is 0.326 e. The lowest BCUT2D eigenvalue weighted by Crippen LogP contribution is -2.41. The van der Waals surface area contributed by atoms with E-state index in [0.717, 1.165) is 16.3 Å². The summed E-state index contributed by atoms with van der Waals surface area (Å²) in [5.41, 5.74) is 2.57. The molecule has 0 saturated carbocycles. The number of hydrogen-bond acceptors (Lipinski definition) is 6. The molecule has 1 amide bonds. The van der Waals surface area contributed by atoms with Crippen LogP contribution < -0.4 is 5.32 Å². The molecule has 33 heavy (non-hydrogen) atoms. The van der Waals surface area contributed by atoms with Crippen molar-refractivity contribution in [1.29, 1.82) is 0 Å². The SMILES string of the molecule is Cc1cc(C)nc(Sc2ccc(NC(=O)C3CCN(S(=O)(=O)c4ccccc4)CC3)cc2)n1. The molecule has 0 bridgehead atoms. The first kappa shape index (κ1) is 23.4. The van der Waals surface area contributed by atoms with Crippen LogP contribution in [0, 0.1) is 19.8 Å². The molecule has 0 radical (unpaired) electrons. The first-order valence-electron chi connectivity index (χ1n) is 10.8. The Kier molecular flexibility index (Phi) is 7.11. The Bertz CT molecular complexity index is 1200. The highest BCUT2D eigenvalue weighted by atomic mass is 32.2. The number of nitrogens with zero attached hydrogens (tertiary/aromatic N) is 3. The summed E-state index contributed by atoms with van der Waals surface area (Å²) in [5.74, 6) is -0.297. The Morgan fingerprint density at radius 2 is 1.58 bits per heavy atom. The van der Waals surface area contributed by atoms with Crippen LogP contribution in [0.25, 0.3) is 0 Å². The molecule has 2 aromatic carbocycles. The summed E-state index contributed by atoms with van der Waals surface area (Å²) in [6.45, 7) is 4.56. The quantitative estimate of drug-likeness (QED) is 0.527. The number of rotatable bonds is 6. The highest BCUT2D eigenvalue weighted by molar-refractivity contribution is 7.99. The summed E-state index contributed by atoms with van der Waals surface area (Å²) in [6, 6.07) is 17.9. The number of benzene rings is 2. The third-order valence-electron chi connectivity index (χ3n) is 5.50. The number of carbonyl (C=O) groups excluding carboxylic acids is 1. The predicted octanol–water partition coefficient (Wildman–Crippen LogP) is 4.28. The molecule has 1 saturated heterocycles. The second-order valence-corrected chi connectivity index (χ2v) is 11.0. The van der Waals surface area contributed by atoms with E-state index >= 15 is 0 Å². The highest BCUT2D eigenvalue weighted by Crippen LogP contribution is 2.28. The lowest BCUT2D eigenvalue weighted by atomic mass is 9.97. The van der Waals surface area contributed by atoms with Gasteiger partial charge in [-0.05, 0) is 80.9 Å². The number of anilines is 1. The molecule has 7 nitrogen and oxygen atoms in total. The molecular weight excluding hydrogens is 456 g/mol. The fourth-order valence-electron chi connectivity index (χ4n) is 3.80. The molecule has 9 heteroatoms. The van der Waals surface area contributed by atoms with Crippen molar-refractivity contribution in [2.75, 3.05) is 18.4 Å². The third-order valence-corrected chi connectivity index (χ3v) is 8.28.